The number of nitrogens with one attached hydrogen (secondary N) is 1. The molecule has 0 bridgehead atoms. The van der Waals surface area contributed by atoms with Gasteiger partial charge in [0.1, 0.15) is 16.7 Å². The van der Waals surface area contributed by atoms with E-state index in [1.54, 1.807) is 18.4 Å². The predicted molar refractivity (Wildman–Crippen MR) is 102 cm³/mol. The van der Waals surface area contributed by atoms with Gasteiger partial charge in [0, 0.05) is 17.2 Å². The van der Waals surface area contributed by atoms with E-state index in [9.17, 15) is 24.8 Å². The molecule has 2 heterocycles. The molecule has 0 spiro atoms. The van der Waals surface area contributed by atoms with Crippen LogP contribution in [0.4, 0.5) is 0 Å². The zero-order chi connectivity index (χ0) is 20.4. The Hall–Kier alpha value is -3.71. The molecule has 0 radical (unpaired) electrons. The van der Waals surface area contributed by atoms with E-state index in [0.717, 1.165) is 10.7 Å². The summed E-state index contributed by atoms with van der Waals surface area (Å²) in [4.78, 5) is 44.2. The minimum absolute atomic E-state index is 0.0222. The topological polar surface area (TPSA) is 142 Å². The summed E-state index contributed by atoms with van der Waals surface area (Å²) in [5.41, 5.74) is -0.421. The standard InChI is InChI=1S/C18H13N5O4S/c1-9-6-13(24)22-23(17(9)25)15-12(8-19)16(28-2)21-14(20-15)10-4-3-5-11(7-10)18(26)27/h3-7H,1-2H3,(H,22,24)(H,26,27). The molecular formula is C18H13N5O4S. The summed E-state index contributed by atoms with van der Waals surface area (Å²) in [5.74, 6) is -1.07. The largest absolute Gasteiger partial charge is 0.478 e. The number of hydrogen-bond acceptors (Lipinski definition) is 7. The van der Waals surface area contributed by atoms with Crippen molar-refractivity contribution < 1.29 is 9.90 Å². The molecule has 0 amide bonds. The van der Waals surface area contributed by atoms with Crippen molar-refractivity contribution in [3.8, 4) is 23.3 Å². The summed E-state index contributed by atoms with van der Waals surface area (Å²) in [6, 6.07) is 9.09. The number of thioether (sulfide) groups is 1. The SMILES string of the molecule is CSc1nc(-c2cccc(C(=O)O)c2)nc(-n2[nH]c(=O)cc(C)c2=O)c1C#N. The summed E-state index contributed by atoms with van der Waals surface area (Å²) in [7, 11) is 0. The second-order valence-electron chi connectivity index (χ2n) is 5.70. The Morgan fingerprint density at radius 1 is 1.29 bits per heavy atom. The zero-order valence-electron chi connectivity index (χ0n) is 14.8. The summed E-state index contributed by atoms with van der Waals surface area (Å²) in [5, 5.41) is 21.4. The Morgan fingerprint density at radius 3 is 2.68 bits per heavy atom. The van der Waals surface area contributed by atoms with Gasteiger partial charge in [-0.05, 0) is 25.3 Å². The number of aromatic amines is 1. The third-order valence-corrected chi connectivity index (χ3v) is 4.53. The van der Waals surface area contributed by atoms with E-state index >= 15 is 0 Å². The van der Waals surface area contributed by atoms with Gasteiger partial charge in [-0.25, -0.2) is 14.8 Å². The van der Waals surface area contributed by atoms with Crippen LogP contribution in [0.25, 0.3) is 17.2 Å². The molecule has 2 N–H and O–H groups in total. The van der Waals surface area contributed by atoms with Crippen LogP contribution in [0.15, 0.2) is 44.9 Å². The first kappa shape index (κ1) is 19.1. The number of rotatable bonds is 4. The van der Waals surface area contributed by atoms with Gasteiger partial charge >= 0.3 is 5.97 Å². The lowest BCUT2D eigenvalue weighted by Gasteiger charge is -2.12. The lowest BCUT2D eigenvalue weighted by molar-refractivity contribution is 0.0697. The number of aromatic carboxylic acids is 1. The number of carboxylic acid groups (broad SMARTS) is 1. The summed E-state index contributed by atoms with van der Waals surface area (Å²) in [6.07, 6.45) is 1.70. The van der Waals surface area contributed by atoms with Crippen molar-refractivity contribution >= 4 is 17.7 Å². The number of H-pyrrole nitrogens is 1. The maximum atomic E-state index is 12.5. The van der Waals surface area contributed by atoms with Crippen molar-refractivity contribution in [2.45, 2.75) is 11.9 Å². The minimum atomic E-state index is -1.11. The molecule has 28 heavy (non-hydrogen) atoms. The molecule has 3 aromatic rings. The molecule has 0 fully saturated rings. The van der Waals surface area contributed by atoms with Gasteiger partial charge in [0.2, 0.25) is 0 Å². The van der Waals surface area contributed by atoms with Crippen molar-refractivity contribution in [3.05, 3.63) is 67.7 Å². The highest BCUT2D eigenvalue weighted by molar-refractivity contribution is 7.98. The lowest BCUT2D eigenvalue weighted by Crippen LogP contribution is -2.31. The van der Waals surface area contributed by atoms with Gasteiger partial charge in [-0.3, -0.25) is 14.7 Å². The van der Waals surface area contributed by atoms with Crippen molar-refractivity contribution in [2.24, 2.45) is 0 Å². The van der Waals surface area contributed by atoms with Crippen LogP contribution in [0, 0.1) is 18.3 Å². The third-order valence-electron chi connectivity index (χ3n) is 3.85. The van der Waals surface area contributed by atoms with Crippen LogP contribution >= 0.6 is 11.8 Å². The average molecular weight is 395 g/mol. The zero-order valence-corrected chi connectivity index (χ0v) is 15.6. The monoisotopic (exact) mass is 395 g/mol. The number of aryl methyl sites for hydroxylation is 1. The van der Waals surface area contributed by atoms with E-state index in [-0.39, 0.29) is 33.4 Å². The predicted octanol–water partition coefficient (Wildman–Crippen LogP) is 1.58. The molecule has 0 aliphatic heterocycles. The van der Waals surface area contributed by atoms with Crippen LogP contribution in [-0.2, 0) is 0 Å². The maximum Gasteiger partial charge on any atom is 0.335 e. The molecule has 10 heteroatoms. The van der Waals surface area contributed by atoms with Crippen molar-refractivity contribution in [1.82, 2.24) is 19.7 Å². The van der Waals surface area contributed by atoms with Gasteiger partial charge in [-0.2, -0.15) is 9.94 Å². The van der Waals surface area contributed by atoms with Crippen LogP contribution in [0.1, 0.15) is 21.5 Å². The number of carbonyl (C=O) groups is 1. The Morgan fingerprint density at radius 2 is 2.04 bits per heavy atom. The van der Waals surface area contributed by atoms with E-state index in [0.29, 0.717) is 5.56 Å². The molecule has 1 aromatic carbocycles. The first-order chi connectivity index (χ1) is 13.3. The van der Waals surface area contributed by atoms with E-state index < -0.39 is 17.1 Å². The summed E-state index contributed by atoms with van der Waals surface area (Å²) >= 11 is 1.17. The number of nitriles is 1. The maximum absolute atomic E-state index is 12.5. The molecule has 0 aliphatic carbocycles. The Balaban J connectivity index is 2.36. The number of benzene rings is 1. The molecule has 0 saturated carbocycles. The highest BCUT2D eigenvalue weighted by Crippen LogP contribution is 2.26. The van der Waals surface area contributed by atoms with Crippen molar-refractivity contribution in [1.29, 1.82) is 5.26 Å². The highest BCUT2D eigenvalue weighted by Gasteiger charge is 2.19. The molecule has 3 rings (SSSR count). The molecule has 9 nitrogen and oxygen atoms in total. The van der Waals surface area contributed by atoms with E-state index in [4.69, 9.17) is 0 Å². The fourth-order valence-corrected chi connectivity index (χ4v) is 3.05. The van der Waals surface area contributed by atoms with Crippen LogP contribution < -0.4 is 11.1 Å². The molecule has 0 unspecified atom stereocenters. The van der Waals surface area contributed by atoms with Gasteiger partial charge in [-0.1, -0.05) is 12.1 Å². The normalized spacial score (nSPS) is 10.5. The third kappa shape index (κ3) is 3.43. The second-order valence-corrected chi connectivity index (χ2v) is 6.49. The fraction of sp³-hybridized carbons (Fsp3) is 0.111. The number of hydrogen-bond donors (Lipinski definition) is 2. The van der Waals surface area contributed by atoms with Crippen LogP contribution in [-0.4, -0.2) is 37.1 Å². The first-order valence-electron chi connectivity index (χ1n) is 7.89. The van der Waals surface area contributed by atoms with Crippen molar-refractivity contribution in [3.63, 3.8) is 0 Å². The first-order valence-corrected chi connectivity index (χ1v) is 9.11. The molecule has 0 aliphatic rings. The van der Waals surface area contributed by atoms with Crippen LogP contribution in [0.3, 0.4) is 0 Å². The Kier molecular flexibility index (Phi) is 5.10. The van der Waals surface area contributed by atoms with Gasteiger partial charge in [0.15, 0.2) is 11.6 Å². The van der Waals surface area contributed by atoms with Crippen LogP contribution in [0.5, 0.6) is 0 Å². The Bertz CT molecular complexity index is 1260. The van der Waals surface area contributed by atoms with E-state index in [2.05, 4.69) is 15.1 Å². The second kappa shape index (κ2) is 7.50. The summed E-state index contributed by atoms with van der Waals surface area (Å²) in [6.45, 7) is 1.48. The number of aromatic nitrogens is 4. The van der Waals surface area contributed by atoms with Gasteiger partial charge < -0.3 is 5.11 Å². The van der Waals surface area contributed by atoms with Gasteiger partial charge in [-0.15, -0.1) is 11.8 Å². The van der Waals surface area contributed by atoms with Gasteiger partial charge in [0.05, 0.1) is 5.56 Å². The average Bonchev–Trinajstić information content (AvgIpc) is 2.69. The molecule has 2 aromatic heterocycles. The smallest absolute Gasteiger partial charge is 0.335 e. The summed E-state index contributed by atoms with van der Waals surface area (Å²) < 4.78 is 0.905. The fourth-order valence-electron chi connectivity index (χ4n) is 2.53. The minimum Gasteiger partial charge on any atom is -0.478 e. The highest BCUT2D eigenvalue weighted by atomic mass is 32.2. The number of carboxylic acids is 1. The molecule has 0 saturated heterocycles. The Labute approximate surface area is 162 Å². The lowest BCUT2D eigenvalue weighted by atomic mass is 10.1. The van der Waals surface area contributed by atoms with Crippen LogP contribution in [0.2, 0.25) is 0 Å². The quantitative estimate of drug-likeness (QED) is 0.501. The van der Waals surface area contributed by atoms with E-state index in [1.165, 1.54) is 30.8 Å². The van der Waals surface area contributed by atoms with E-state index in [1.807, 2.05) is 6.07 Å². The van der Waals surface area contributed by atoms with Gasteiger partial charge in [0.25, 0.3) is 11.1 Å². The number of nitrogens with zero attached hydrogens (tertiary/aromatic N) is 4. The molecule has 0 atom stereocenters. The van der Waals surface area contributed by atoms with Crippen molar-refractivity contribution in [2.75, 3.05) is 6.26 Å². The molecular weight excluding hydrogens is 382 g/mol. The molecule has 140 valence electrons.